The lowest BCUT2D eigenvalue weighted by atomic mass is 10.0. The van der Waals surface area contributed by atoms with Crippen molar-refractivity contribution in [1.29, 1.82) is 0 Å². The van der Waals surface area contributed by atoms with Gasteiger partial charge in [-0.3, -0.25) is 4.79 Å². The second-order valence-corrected chi connectivity index (χ2v) is 5.57. The number of aromatic amines is 1. The smallest absolute Gasteiger partial charge is 0.273 e. The standard InChI is InChI=1S/C15H14N4OS/c20-15(13-10-16-19-18-13)17-12(14-7-4-8-21-14)9-11-5-2-1-3-6-11/h1-8,10,12H,9H2,(H,17,20)(H,16,18,19)/t12-/m1/s1. The Morgan fingerprint density at radius 3 is 2.76 bits per heavy atom. The van der Waals surface area contributed by atoms with Crippen LogP contribution in [0.3, 0.4) is 0 Å². The molecule has 0 aliphatic heterocycles. The van der Waals surface area contributed by atoms with Gasteiger partial charge < -0.3 is 5.32 Å². The molecule has 1 amide bonds. The molecule has 1 aromatic carbocycles. The Labute approximate surface area is 126 Å². The van der Waals surface area contributed by atoms with E-state index in [0.717, 1.165) is 11.3 Å². The van der Waals surface area contributed by atoms with Crippen LogP contribution in [0.2, 0.25) is 0 Å². The normalized spacial score (nSPS) is 12.0. The third kappa shape index (κ3) is 3.35. The summed E-state index contributed by atoms with van der Waals surface area (Å²) in [4.78, 5) is 13.3. The van der Waals surface area contributed by atoms with Crippen LogP contribution in [0.25, 0.3) is 0 Å². The molecule has 3 aromatic rings. The number of nitrogens with zero attached hydrogens (tertiary/aromatic N) is 2. The van der Waals surface area contributed by atoms with E-state index < -0.39 is 0 Å². The van der Waals surface area contributed by atoms with Gasteiger partial charge in [0.1, 0.15) is 0 Å². The van der Waals surface area contributed by atoms with Crippen LogP contribution in [0.1, 0.15) is 27.0 Å². The van der Waals surface area contributed by atoms with Gasteiger partial charge in [0.05, 0.1) is 12.2 Å². The minimum atomic E-state index is -0.224. The molecule has 2 heterocycles. The number of nitrogens with one attached hydrogen (secondary N) is 2. The number of H-pyrrole nitrogens is 1. The average Bonchev–Trinajstić information content (AvgIpc) is 3.21. The summed E-state index contributed by atoms with van der Waals surface area (Å²) in [6.45, 7) is 0. The minimum Gasteiger partial charge on any atom is -0.343 e. The zero-order valence-electron chi connectivity index (χ0n) is 11.2. The summed E-state index contributed by atoms with van der Waals surface area (Å²) < 4.78 is 0. The first-order valence-electron chi connectivity index (χ1n) is 6.57. The highest BCUT2D eigenvalue weighted by Gasteiger charge is 2.18. The molecule has 1 atom stereocenters. The van der Waals surface area contributed by atoms with E-state index in [1.165, 1.54) is 11.8 Å². The lowest BCUT2D eigenvalue weighted by Gasteiger charge is -2.17. The van der Waals surface area contributed by atoms with Crippen molar-refractivity contribution in [3.8, 4) is 0 Å². The largest absolute Gasteiger partial charge is 0.343 e. The Balaban J connectivity index is 1.78. The van der Waals surface area contributed by atoms with Crippen LogP contribution in [-0.2, 0) is 6.42 Å². The maximum absolute atomic E-state index is 12.2. The fraction of sp³-hybridized carbons (Fsp3) is 0.133. The molecule has 5 nitrogen and oxygen atoms in total. The topological polar surface area (TPSA) is 70.7 Å². The summed E-state index contributed by atoms with van der Waals surface area (Å²) in [6.07, 6.45) is 2.16. The second-order valence-electron chi connectivity index (χ2n) is 4.59. The molecule has 0 saturated heterocycles. The molecule has 0 bridgehead atoms. The van der Waals surface area contributed by atoms with Crippen molar-refractivity contribution in [3.05, 3.63) is 70.2 Å². The number of rotatable bonds is 5. The van der Waals surface area contributed by atoms with Crippen LogP contribution in [0.5, 0.6) is 0 Å². The lowest BCUT2D eigenvalue weighted by Crippen LogP contribution is -2.29. The molecule has 0 aliphatic carbocycles. The molecule has 0 radical (unpaired) electrons. The Morgan fingerprint density at radius 1 is 1.24 bits per heavy atom. The van der Waals surface area contributed by atoms with Crippen LogP contribution >= 0.6 is 11.3 Å². The van der Waals surface area contributed by atoms with E-state index in [4.69, 9.17) is 0 Å². The molecule has 2 aromatic heterocycles. The molecule has 106 valence electrons. The van der Waals surface area contributed by atoms with Crippen molar-refractivity contribution >= 4 is 17.2 Å². The number of benzene rings is 1. The molecule has 0 spiro atoms. The molecule has 0 fully saturated rings. The number of hydrogen-bond donors (Lipinski definition) is 2. The number of carbonyl (C=O) groups is 1. The predicted molar refractivity (Wildman–Crippen MR) is 81.1 cm³/mol. The van der Waals surface area contributed by atoms with Crippen LogP contribution in [0.15, 0.2) is 54.0 Å². The summed E-state index contributed by atoms with van der Waals surface area (Å²) in [7, 11) is 0. The molecule has 3 rings (SSSR count). The van der Waals surface area contributed by atoms with Gasteiger partial charge in [-0.05, 0) is 23.4 Å². The average molecular weight is 298 g/mol. The first-order valence-corrected chi connectivity index (χ1v) is 7.45. The van der Waals surface area contributed by atoms with Crippen LogP contribution < -0.4 is 5.32 Å². The van der Waals surface area contributed by atoms with E-state index in [0.29, 0.717) is 5.69 Å². The Morgan fingerprint density at radius 2 is 2.10 bits per heavy atom. The fourth-order valence-electron chi connectivity index (χ4n) is 2.11. The third-order valence-electron chi connectivity index (χ3n) is 3.12. The number of thiophene rings is 1. The molecule has 21 heavy (non-hydrogen) atoms. The summed E-state index contributed by atoms with van der Waals surface area (Å²) in [5.41, 5.74) is 1.47. The first-order chi connectivity index (χ1) is 10.3. The van der Waals surface area contributed by atoms with E-state index in [9.17, 15) is 4.79 Å². The number of aromatic nitrogens is 3. The lowest BCUT2D eigenvalue weighted by molar-refractivity contribution is 0.0932. The van der Waals surface area contributed by atoms with E-state index in [1.807, 2.05) is 35.7 Å². The van der Waals surface area contributed by atoms with E-state index in [1.54, 1.807) is 11.3 Å². The monoisotopic (exact) mass is 298 g/mol. The highest BCUT2D eigenvalue weighted by atomic mass is 32.1. The van der Waals surface area contributed by atoms with Crippen LogP contribution in [0, 0.1) is 0 Å². The Kier molecular flexibility index (Phi) is 4.07. The summed E-state index contributed by atoms with van der Waals surface area (Å²) in [6, 6.07) is 14.0. The van der Waals surface area contributed by atoms with Gasteiger partial charge in [-0.2, -0.15) is 15.4 Å². The summed E-state index contributed by atoms with van der Waals surface area (Å²) >= 11 is 1.63. The van der Waals surface area contributed by atoms with Gasteiger partial charge in [-0.25, -0.2) is 0 Å². The molecule has 2 N–H and O–H groups in total. The minimum absolute atomic E-state index is 0.0726. The van der Waals surface area contributed by atoms with Gasteiger partial charge in [-0.1, -0.05) is 36.4 Å². The van der Waals surface area contributed by atoms with Crippen molar-refractivity contribution in [1.82, 2.24) is 20.7 Å². The van der Waals surface area contributed by atoms with Gasteiger partial charge in [0.15, 0.2) is 5.69 Å². The number of carbonyl (C=O) groups excluding carboxylic acids is 1. The predicted octanol–water partition coefficient (Wildman–Crippen LogP) is 2.58. The van der Waals surface area contributed by atoms with Crippen molar-refractivity contribution in [2.24, 2.45) is 0 Å². The molecule has 0 unspecified atom stereocenters. The van der Waals surface area contributed by atoms with Gasteiger partial charge in [-0.15, -0.1) is 11.3 Å². The summed E-state index contributed by atoms with van der Waals surface area (Å²) in [5.74, 6) is -0.224. The molecular formula is C15H14N4OS. The molecule has 0 saturated carbocycles. The highest BCUT2D eigenvalue weighted by Crippen LogP contribution is 2.23. The van der Waals surface area contributed by atoms with Crippen molar-refractivity contribution in [3.63, 3.8) is 0 Å². The SMILES string of the molecule is O=C(N[C@H](Cc1ccccc1)c1cccs1)c1cn[nH]n1. The van der Waals surface area contributed by atoms with E-state index in [-0.39, 0.29) is 11.9 Å². The first kappa shape index (κ1) is 13.5. The van der Waals surface area contributed by atoms with Gasteiger partial charge in [0.2, 0.25) is 0 Å². The molecular weight excluding hydrogens is 284 g/mol. The zero-order valence-corrected chi connectivity index (χ0v) is 12.0. The molecule has 6 heteroatoms. The Hall–Kier alpha value is -2.47. The van der Waals surface area contributed by atoms with Gasteiger partial charge >= 0.3 is 0 Å². The quantitative estimate of drug-likeness (QED) is 0.760. The second kappa shape index (κ2) is 6.32. The summed E-state index contributed by atoms with van der Waals surface area (Å²) in [5, 5.41) is 15.0. The van der Waals surface area contributed by atoms with E-state index in [2.05, 4.69) is 32.9 Å². The maximum Gasteiger partial charge on any atom is 0.273 e. The van der Waals surface area contributed by atoms with Crippen molar-refractivity contribution in [2.75, 3.05) is 0 Å². The number of amides is 1. The third-order valence-corrected chi connectivity index (χ3v) is 4.11. The van der Waals surface area contributed by atoms with Gasteiger partial charge in [0, 0.05) is 4.88 Å². The van der Waals surface area contributed by atoms with E-state index >= 15 is 0 Å². The Bertz CT molecular complexity index is 680. The van der Waals surface area contributed by atoms with Crippen molar-refractivity contribution < 1.29 is 4.79 Å². The zero-order chi connectivity index (χ0) is 14.5. The highest BCUT2D eigenvalue weighted by molar-refractivity contribution is 7.10. The van der Waals surface area contributed by atoms with Crippen LogP contribution in [-0.4, -0.2) is 21.3 Å². The fourth-order valence-corrected chi connectivity index (χ4v) is 2.88. The van der Waals surface area contributed by atoms with Crippen LogP contribution in [0.4, 0.5) is 0 Å². The molecule has 0 aliphatic rings. The maximum atomic E-state index is 12.2. The van der Waals surface area contributed by atoms with Crippen molar-refractivity contribution in [2.45, 2.75) is 12.5 Å². The number of hydrogen-bond acceptors (Lipinski definition) is 4. The van der Waals surface area contributed by atoms with Gasteiger partial charge in [0.25, 0.3) is 5.91 Å².